The Morgan fingerprint density at radius 3 is 2.39 bits per heavy atom. The molecule has 0 radical (unpaired) electrons. The molecule has 0 rings (SSSR count). The van der Waals surface area contributed by atoms with Crippen molar-refractivity contribution in [2.24, 2.45) is 0 Å². The first-order valence-electron chi connectivity index (χ1n) is 5.73. The van der Waals surface area contributed by atoms with Crippen molar-refractivity contribution in [2.45, 2.75) is 38.4 Å². The van der Waals surface area contributed by atoms with Gasteiger partial charge in [0.25, 0.3) is 0 Å². The second-order valence-corrected chi connectivity index (χ2v) is 4.13. The maximum atomic E-state index is 11.9. The number of nitrogens with one attached hydrogen (secondary N) is 1. The molecule has 7 heteroatoms. The third kappa shape index (κ3) is 6.80. The number of carbonyl (C=O) groups excluding carboxylic acids is 1. The SMILES string of the molecule is CCNC(C)(COCCCC(F)(F)F)C(=O)OC. The number of alkyl halides is 3. The average molecular weight is 271 g/mol. The van der Waals surface area contributed by atoms with Crippen LogP contribution in [0.15, 0.2) is 0 Å². The van der Waals surface area contributed by atoms with E-state index in [0.717, 1.165) is 0 Å². The highest BCUT2D eigenvalue weighted by Gasteiger charge is 2.34. The molecule has 0 aromatic rings. The lowest BCUT2D eigenvalue weighted by atomic mass is 10.0. The number of ether oxygens (including phenoxy) is 2. The van der Waals surface area contributed by atoms with E-state index in [2.05, 4.69) is 10.1 Å². The van der Waals surface area contributed by atoms with Gasteiger partial charge in [0.15, 0.2) is 0 Å². The molecule has 108 valence electrons. The van der Waals surface area contributed by atoms with Crippen molar-refractivity contribution >= 4 is 5.97 Å². The van der Waals surface area contributed by atoms with Gasteiger partial charge in [0.2, 0.25) is 0 Å². The molecule has 0 saturated carbocycles. The summed E-state index contributed by atoms with van der Waals surface area (Å²) < 4.78 is 45.4. The summed E-state index contributed by atoms with van der Waals surface area (Å²) in [4.78, 5) is 11.5. The largest absolute Gasteiger partial charge is 0.468 e. The van der Waals surface area contributed by atoms with Crippen LogP contribution in [-0.4, -0.2) is 44.6 Å². The highest BCUT2D eigenvalue weighted by molar-refractivity contribution is 5.80. The van der Waals surface area contributed by atoms with E-state index in [9.17, 15) is 18.0 Å². The molecule has 1 atom stereocenters. The molecule has 0 aromatic heterocycles. The number of rotatable bonds is 8. The quantitative estimate of drug-likeness (QED) is 0.541. The van der Waals surface area contributed by atoms with Gasteiger partial charge in [-0.15, -0.1) is 0 Å². The van der Waals surface area contributed by atoms with Crippen LogP contribution in [0, 0.1) is 0 Å². The lowest BCUT2D eigenvalue weighted by molar-refractivity contribution is -0.152. The van der Waals surface area contributed by atoms with Gasteiger partial charge in [-0.2, -0.15) is 13.2 Å². The van der Waals surface area contributed by atoms with Gasteiger partial charge in [-0.25, -0.2) is 4.79 Å². The molecule has 0 aliphatic carbocycles. The van der Waals surface area contributed by atoms with Gasteiger partial charge < -0.3 is 14.8 Å². The summed E-state index contributed by atoms with van der Waals surface area (Å²) in [5.74, 6) is -0.500. The normalized spacial score (nSPS) is 15.2. The highest BCUT2D eigenvalue weighted by Crippen LogP contribution is 2.21. The molecule has 0 aliphatic heterocycles. The van der Waals surface area contributed by atoms with Crippen LogP contribution in [0.25, 0.3) is 0 Å². The summed E-state index contributed by atoms with van der Waals surface area (Å²) in [6.07, 6.45) is -5.17. The van der Waals surface area contributed by atoms with Crippen molar-refractivity contribution in [3.8, 4) is 0 Å². The topological polar surface area (TPSA) is 47.6 Å². The van der Waals surface area contributed by atoms with Crippen LogP contribution < -0.4 is 5.32 Å². The Kier molecular flexibility index (Phi) is 7.23. The Balaban J connectivity index is 4.02. The minimum absolute atomic E-state index is 0.0224. The number of halogens is 3. The third-order valence-corrected chi connectivity index (χ3v) is 2.34. The summed E-state index contributed by atoms with van der Waals surface area (Å²) in [7, 11) is 1.25. The van der Waals surface area contributed by atoms with Crippen LogP contribution in [0.4, 0.5) is 13.2 Å². The molecule has 1 N–H and O–H groups in total. The summed E-state index contributed by atoms with van der Waals surface area (Å²) in [6.45, 7) is 3.86. The Hall–Kier alpha value is -0.820. The molecule has 0 fully saturated rings. The van der Waals surface area contributed by atoms with Gasteiger partial charge in [0, 0.05) is 13.0 Å². The second-order valence-electron chi connectivity index (χ2n) is 4.13. The van der Waals surface area contributed by atoms with Crippen molar-refractivity contribution in [3.05, 3.63) is 0 Å². The Labute approximate surface area is 105 Å². The first-order valence-corrected chi connectivity index (χ1v) is 5.73. The van der Waals surface area contributed by atoms with E-state index in [-0.39, 0.29) is 19.6 Å². The Morgan fingerprint density at radius 1 is 1.33 bits per heavy atom. The summed E-state index contributed by atoms with van der Waals surface area (Å²) in [5, 5.41) is 2.90. The number of methoxy groups -OCH3 is 1. The first-order chi connectivity index (χ1) is 8.25. The summed E-state index contributed by atoms with van der Waals surface area (Å²) in [6, 6.07) is 0. The van der Waals surface area contributed by atoms with Crippen LogP contribution in [0.2, 0.25) is 0 Å². The molecule has 0 heterocycles. The van der Waals surface area contributed by atoms with E-state index < -0.39 is 24.1 Å². The molecule has 18 heavy (non-hydrogen) atoms. The third-order valence-electron chi connectivity index (χ3n) is 2.34. The lowest BCUT2D eigenvalue weighted by Crippen LogP contribution is -2.53. The minimum atomic E-state index is -4.17. The van der Waals surface area contributed by atoms with E-state index >= 15 is 0 Å². The van der Waals surface area contributed by atoms with E-state index in [1.54, 1.807) is 6.92 Å². The van der Waals surface area contributed by atoms with E-state index in [0.29, 0.717) is 6.54 Å². The van der Waals surface area contributed by atoms with Crippen molar-refractivity contribution < 1.29 is 27.4 Å². The predicted octanol–water partition coefficient (Wildman–Crippen LogP) is 1.89. The standard InChI is InChI=1S/C11H20F3NO3/c1-4-15-10(2,9(16)17-3)8-18-7-5-6-11(12,13)14/h15H,4-8H2,1-3H3. The van der Waals surface area contributed by atoms with Crippen LogP contribution >= 0.6 is 0 Å². The molecule has 1 unspecified atom stereocenters. The Bertz CT molecular complexity index is 258. The number of likely N-dealkylation sites (N-methyl/N-ethyl adjacent to an activating group) is 1. The number of esters is 1. The minimum Gasteiger partial charge on any atom is -0.468 e. The van der Waals surface area contributed by atoms with Crippen molar-refractivity contribution in [3.63, 3.8) is 0 Å². The molecular weight excluding hydrogens is 251 g/mol. The molecule has 0 spiro atoms. The van der Waals surface area contributed by atoms with Gasteiger partial charge in [-0.3, -0.25) is 0 Å². The maximum absolute atomic E-state index is 11.9. The number of hydrogen-bond donors (Lipinski definition) is 1. The molecule has 0 aliphatic rings. The highest BCUT2D eigenvalue weighted by atomic mass is 19.4. The first kappa shape index (κ1) is 17.2. The van der Waals surface area contributed by atoms with Gasteiger partial charge >= 0.3 is 12.1 Å². The van der Waals surface area contributed by atoms with Gasteiger partial charge in [0.05, 0.1) is 13.7 Å². The summed E-state index contributed by atoms with van der Waals surface area (Å²) >= 11 is 0. The molecule has 0 saturated heterocycles. The van der Waals surface area contributed by atoms with E-state index in [4.69, 9.17) is 4.74 Å². The zero-order valence-electron chi connectivity index (χ0n) is 10.9. The van der Waals surface area contributed by atoms with Crippen LogP contribution in [-0.2, 0) is 14.3 Å². The second kappa shape index (κ2) is 7.58. The van der Waals surface area contributed by atoms with E-state index in [1.807, 2.05) is 6.92 Å². The van der Waals surface area contributed by atoms with Gasteiger partial charge in [-0.05, 0) is 19.9 Å². The zero-order chi connectivity index (χ0) is 14.2. The fourth-order valence-corrected chi connectivity index (χ4v) is 1.45. The molecule has 4 nitrogen and oxygen atoms in total. The molecule has 0 amide bonds. The van der Waals surface area contributed by atoms with E-state index in [1.165, 1.54) is 7.11 Å². The predicted molar refractivity (Wildman–Crippen MR) is 60.2 cm³/mol. The Morgan fingerprint density at radius 2 is 1.94 bits per heavy atom. The number of carbonyl (C=O) groups is 1. The number of hydrogen-bond acceptors (Lipinski definition) is 4. The van der Waals surface area contributed by atoms with Crippen LogP contribution in [0.5, 0.6) is 0 Å². The van der Waals surface area contributed by atoms with Crippen molar-refractivity contribution in [2.75, 3.05) is 26.9 Å². The molecular formula is C11H20F3NO3. The monoisotopic (exact) mass is 271 g/mol. The van der Waals surface area contributed by atoms with Crippen molar-refractivity contribution in [1.29, 1.82) is 0 Å². The van der Waals surface area contributed by atoms with Crippen molar-refractivity contribution in [1.82, 2.24) is 5.32 Å². The fraction of sp³-hybridized carbons (Fsp3) is 0.909. The van der Waals surface area contributed by atoms with Gasteiger partial charge in [0.1, 0.15) is 5.54 Å². The zero-order valence-corrected chi connectivity index (χ0v) is 10.9. The molecule has 0 bridgehead atoms. The fourth-order valence-electron chi connectivity index (χ4n) is 1.45. The maximum Gasteiger partial charge on any atom is 0.389 e. The van der Waals surface area contributed by atoms with Gasteiger partial charge in [-0.1, -0.05) is 6.92 Å². The smallest absolute Gasteiger partial charge is 0.389 e. The molecule has 0 aromatic carbocycles. The van der Waals surface area contributed by atoms with Crippen LogP contribution in [0.1, 0.15) is 26.7 Å². The average Bonchev–Trinajstić information content (AvgIpc) is 2.26. The van der Waals surface area contributed by atoms with Crippen LogP contribution in [0.3, 0.4) is 0 Å². The lowest BCUT2D eigenvalue weighted by Gasteiger charge is -2.27. The summed E-state index contributed by atoms with van der Waals surface area (Å²) in [5.41, 5.74) is -1.03.